The summed E-state index contributed by atoms with van der Waals surface area (Å²) < 4.78 is 0. The van der Waals surface area contributed by atoms with Crippen LogP contribution < -0.4 is 0 Å². The Bertz CT molecular complexity index is 311. The lowest BCUT2D eigenvalue weighted by Crippen LogP contribution is -2.64. The summed E-state index contributed by atoms with van der Waals surface area (Å²) in [6, 6.07) is 0. The molecule has 0 radical (unpaired) electrons. The number of carbonyl (C=O) groups is 3. The van der Waals surface area contributed by atoms with Gasteiger partial charge in [-0.15, -0.1) is 0 Å². The second-order valence-corrected chi connectivity index (χ2v) is 4.23. The Labute approximate surface area is 91.0 Å². The van der Waals surface area contributed by atoms with Gasteiger partial charge in [0.05, 0.1) is 5.92 Å². The zero-order valence-corrected chi connectivity index (χ0v) is 8.99. The molecule has 1 rings (SSSR count). The summed E-state index contributed by atoms with van der Waals surface area (Å²) in [7, 11) is 0. The van der Waals surface area contributed by atoms with Gasteiger partial charge in [-0.25, -0.2) is 0 Å². The van der Waals surface area contributed by atoms with E-state index in [4.69, 9.17) is 21.8 Å². The van der Waals surface area contributed by atoms with Crippen LogP contribution in [0.2, 0.25) is 0 Å². The summed E-state index contributed by atoms with van der Waals surface area (Å²) in [5.74, 6) is -4.84. The van der Waals surface area contributed by atoms with Crippen molar-refractivity contribution in [1.29, 1.82) is 0 Å². The van der Waals surface area contributed by atoms with Gasteiger partial charge in [0.15, 0.2) is 0 Å². The highest BCUT2D eigenvalue weighted by molar-refractivity contribution is 6.66. The van der Waals surface area contributed by atoms with Gasteiger partial charge in [0.25, 0.3) is 0 Å². The molecule has 2 unspecified atom stereocenters. The Hall–Kier alpha value is -1.10. The second-order valence-electron chi connectivity index (χ2n) is 3.89. The van der Waals surface area contributed by atoms with Crippen LogP contribution in [0.3, 0.4) is 0 Å². The van der Waals surface area contributed by atoms with Crippen LogP contribution in [0.1, 0.15) is 13.8 Å². The number of carboxylic acids is 2. The Balaban J connectivity index is 3.12. The molecule has 0 saturated heterocycles. The normalized spacial score (nSPS) is 39.3. The molecule has 0 aliphatic heterocycles. The number of carboxylic acid groups (broad SMARTS) is 2. The monoisotopic (exact) mass is 234 g/mol. The van der Waals surface area contributed by atoms with Crippen LogP contribution in [0.5, 0.6) is 0 Å². The van der Waals surface area contributed by atoms with Crippen LogP contribution >= 0.6 is 11.6 Å². The van der Waals surface area contributed by atoms with E-state index in [0.717, 1.165) is 0 Å². The predicted molar refractivity (Wildman–Crippen MR) is 50.4 cm³/mol. The smallest absolute Gasteiger partial charge is 0.319 e. The Morgan fingerprint density at radius 2 is 1.53 bits per heavy atom. The zero-order valence-electron chi connectivity index (χ0n) is 8.23. The molecule has 1 fully saturated rings. The number of rotatable bonds is 3. The van der Waals surface area contributed by atoms with Crippen LogP contribution in [0.25, 0.3) is 0 Å². The minimum Gasteiger partial charge on any atom is -0.481 e. The molecule has 1 saturated carbocycles. The van der Waals surface area contributed by atoms with Gasteiger partial charge in [0, 0.05) is 0 Å². The van der Waals surface area contributed by atoms with Crippen molar-refractivity contribution in [1.82, 2.24) is 0 Å². The fourth-order valence-corrected chi connectivity index (χ4v) is 2.98. The fraction of sp³-hybridized carbons (Fsp3) is 0.667. The number of hydrogen-bond donors (Lipinski definition) is 2. The molecule has 84 valence electrons. The first-order valence-electron chi connectivity index (χ1n) is 4.44. The van der Waals surface area contributed by atoms with Crippen molar-refractivity contribution >= 4 is 28.8 Å². The first-order valence-corrected chi connectivity index (χ1v) is 4.81. The first-order chi connectivity index (χ1) is 6.77. The Kier molecular flexibility index (Phi) is 2.78. The molecule has 0 heterocycles. The van der Waals surface area contributed by atoms with Gasteiger partial charge < -0.3 is 10.2 Å². The molecule has 0 aromatic heterocycles. The van der Waals surface area contributed by atoms with Crippen LogP contribution in [0, 0.1) is 23.2 Å². The van der Waals surface area contributed by atoms with Crippen LogP contribution in [-0.2, 0) is 14.4 Å². The predicted octanol–water partition coefficient (Wildman–Crippen LogP) is 0.809. The molecule has 5 nitrogen and oxygen atoms in total. The van der Waals surface area contributed by atoms with Gasteiger partial charge in [-0.05, 0) is 23.4 Å². The quantitative estimate of drug-likeness (QED) is 0.557. The fourth-order valence-electron chi connectivity index (χ4n) is 2.55. The highest BCUT2D eigenvalue weighted by Crippen LogP contribution is 2.57. The molecular formula is C9H11ClO5. The molecule has 15 heavy (non-hydrogen) atoms. The lowest BCUT2D eigenvalue weighted by Gasteiger charge is -2.52. The Morgan fingerprint density at radius 3 is 1.73 bits per heavy atom. The van der Waals surface area contributed by atoms with E-state index in [-0.39, 0.29) is 0 Å². The summed E-state index contributed by atoms with van der Waals surface area (Å²) in [5, 5.41) is 16.8. The molecule has 0 spiro atoms. The van der Waals surface area contributed by atoms with Gasteiger partial charge in [0.2, 0.25) is 5.24 Å². The number of aliphatic carboxylic acids is 2. The average Bonchev–Trinajstić information content (AvgIpc) is 2.01. The lowest BCUT2D eigenvalue weighted by molar-refractivity contribution is -0.190. The molecule has 1 aliphatic rings. The van der Waals surface area contributed by atoms with E-state index < -0.39 is 40.3 Å². The average molecular weight is 235 g/mol. The first kappa shape index (κ1) is 12.0. The lowest BCUT2D eigenvalue weighted by atomic mass is 9.48. The summed E-state index contributed by atoms with van der Waals surface area (Å²) in [6.07, 6.45) is 0. The number of hydrogen-bond acceptors (Lipinski definition) is 3. The van der Waals surface area contributed by atoms with Crippen molar-refractivity contribution in [3.63, 3.8) is 0 Å². The summed E-state index contributed by atoms with van der Waals surface area (Å²) in [6.45, 7) is 2.85. The third-order valence-corrected chi connectivity index (χ3v) is 3.79. The van der Waals surface area contributed by atoms with E-state index in [1.165, 1.54) is 13.8 Å². The Morgan fingerprint density at radius 1 is 1.13 bits per heavy atom. The van der Waals surface area contributed by atoms with Crippen LogP contribution in [-0.4, -0.2) is 27.4 Å². The molecule has 0 aromatic carbocycles. The van der Waals surface area contributed by atoms with E-state index >= 15 is 0 Å². The summed E-state index contributed by atoms with van der Waals surface area (Å²) >= 11 is 5.28. The SMILES string of the molecule is CC1C(C(=O)O)C(C)C1(C(=O)O)C(=O)Cl. The van der Waals surface area contributed by atoms with E-state index in [1.54, 1.807) is 0 Å². The molecule has 2 N–H and O–H groups in total. The van der Waals surface area contributed by atoms with Crippen LogP contribution in [0.4, 0.5) is 0 Å². The number of halogens is 1. The van der Waals surface area contributed by atoms with Gasteiger partial charge in [-0.3, -0.25) is 14.4 Å². The van der Waals surface area contributed by atoms with E-state index in [0.29, 0.717) is 0 Å². The molecule has 0 bridgehead atoms. The summed E-state index contributed by atoms with van der Waals surface area (Å²) in [5.41, 5.74) is -1.75. The van der Waals surface area contributed by atoms with Gasteiger partial charge >= 0.3 is 11.9 Å². The molecule has 2 atom stereocenters. The van der Waals surface area contributed by atoms with Gasteiger partial charge in [0.1, 0.15) is 5.41 Å². The largest absolute Gasteiger partial charge is 0.481 e. The maximum atomic E-state index is 11.2. The minimum atomic E-state index is -1.75. The molecule has 1 aliphatic carbocycles. The second kappa shape index (κ2) is 3.48. The van der Waals surface area contributed by atoms with Crippen molar-refractivity contribution in [2.24, 2.45) is 23.2 Å². The van der Waals surface area contributed by atoms with Crippen LogP contribution in [0.15, 0.2) is 0 Å². The van der Waals surface area contributed by atoms with Gasteiger partial charge in [-0.2, -0.15) is 0 Å². The third-order valence-electron chi connectivity index (χ3n) is 3.48. The maximum absolute atomic E-state index is 11.2. The van der Waals surface area contributed by atoms with Crippen molar-refractivity contribution in [3.05, 3.63) is 0 Å². The molecular weight excluding hydrogens is 224 g/mol. The highest BCUT2D eigenvalue weighted by Gasteiger charge is 2.69. The molecule has 0 aromatic rings. The zero-order chi connectivity index (χ0) is 12.0. The maximum Gasteiger partial charge on any atom is 0.319 e. The molecule has 0 amide bonds. The van der Waals surface area contributed by atoms with E-state index in [9.17, 15) is 14.4 Å². The minimum absolute atomic E-state index is 0.785. The third kappa shape index (κ3) is 1.26. The van der Waals surface area contributed by atoms with E-state index in [1.807, 2.05) is 0 Å². The molecule has 6 heteroatoms. The van der Waals surface area contributed by atoms with Gasteiger partial charge in [-0.1, -0.05) is 13.8 Å². The topological polar surface area (TPSA) is 91.7 Å². The van der Waals surface area contributed by atoms with Crippen molar-refractivity contribution < 1.29 is 24.6 Å². The standard InChI is InChI=1S/C9H11ClO5/c1-3-5(6(11)12)4(2)9(3,7(10)13)8(14)15/h3-5H,1-2H3,(H,11,12)(H,14,15). The van der Waals surface area contributed by atoms with Crippen molar-refractivity contribution in [2.75, 3.05) is 0 Å². The van der Waals surface area contributed by atoms with E-state index in [2.05, 4.69) is 0 Å². The van der Waals surface area contributed by atoms with Crippen molar-refractivity contribution in [2.45, 2.75) is 13.8 Å². The highest BCUT2D eigenvalue weighted by atomic mass is 35.5. The van der Waals surface area contributed by atoms with Crippen molar-refractivity contribution in [3.8, 4) is 0 Å². The summed E-state index contributed by atoms with van der Waals surface area (Å²) in [4.78, 5) is 33.0. The number of carbonyl (C=O) groups excluding carboxylic acids is 1.